The van der Waals surface area contributed by atoms with Gasteiger partial charge in [-0.1, -0.05) is 54.1 Å². The Morgan fingerprint density at radius 1 is 0.875 bits per heavy atom. The van der Waals surface area contributed by atoms with E-state index in [1.54, 1.807) is 72.5 Å². The maximum absolute atomic E-state index is 13.5. The number of benzene rings is 4. The van der Waals surface area contributed by atoms with Crippen molar-refractivity contribution in [3.8, 4) is 22.7 Å². The van der Waals surface area contributed by atoms with Crippen LogP contribution in [0.1, 0.15) is 27.2 Å². The van der Waals surface area contributed by atoms with Crippen LogP contribution in [0.5, 0.6) is 5.75 Å². The molecule has 1 aromatic heterocycles. The molecule has 0 saturated carbocycles. The molecule has 5 rings (SSSR count). The second kappa shape index (κ2) is 11.2. The number of nitrogens with one attached hydrogen (secondary N) is 1. The van der Waals surface area contributed by atoms with E-state index in [1.807, 2.05) is 56.3 Å². The smallest absolute Gasteiger partial charge is 0.261 e. The molecule has 8 heteroatoms. The van der Waals surface area contributed by atoms with Crippen molar-refractivity contribution < 1.29 is 17.9 Å². The van der Waals surface area contributed by atoms with Gasteiger partial charge in [0.25, 0.3) is 10.0 Å². The van der Waals surface area contributed by atoms with E-state index in [-0.39, 0.29) is 17.1 Å². The molecule has 5 aromatic rings. The summed E-state index contributed by atoms with van der Waals surface area (Å²) in [4.78, 5) is 13.2. The molecule has 40 heavy (non-hydrogen) atoms. The molecule has 0 bridgehead atoms. The standard InChI is InChI=1S/C32H29N3O4S/c1-22-9-16-28(17-10-22)40(37,38)34-29-20-24(21-32(36)26-12-14-27(39-3)15-13-26)11-18-30(29)35-31(19-23(2)33-35)25-7-5-4-6-8-25/h4-20,34H,21H2,1-3H3. The molecule has 0 aliphatic heterocycles. The Hall–Kier alpha value is -4.69. The number of aryl methyl sites for hydroxylation is 2. The Balaban J connectivity index is 1.57. The molecule has 4 aromatic carbocycles. The van der Waals surface area contributed by atoms with Crippen LogP contribution >= 0.6 is 0 Å². The van der Waals surface area contributed by atoms with Gasteiger partial charge in [-0.3, -0.25) is 9.52 Å². The van der Waals surface area contributed by atoms with Crippen LogP contribution in [-0.4, -0.2) is 31.1 Å². The molecule has 0 saturated heterocycles. The molecular formula is C32H29N3O4S. The van der Waals surface area contributed by atoms with Crippen LogP contribution in [0.4, 0.5) is 5.69 Å². The molecular weight excluding hydrogens is 522 g/mol. The number of carbonyl (C=O) groups excluding carboxylic acids is 1. The zero-order valence-corrected chi connectivity index (χ0v) is 23.3. The van der Waals surface area contributed by atoms with Crippen LogP contribution in [0.15, 0.2) is 108 Å². The maximum Gasteiger partial charge on any atom is 0.261 e. The summed E-state index contributed by atoms with van der Waals surface area (Å²) in [5.74, 6) is 0.570. The molecule has 202 valence electrons. The zero-order valence-electron chi connectivity index (χ0n) is 22.5. The van der Waals surface area contributed by atoms with Crippen molar-refractivity contribution in [2.24, 2.45) is 0 Å². The molecule has 1 N–H and O–H groups in total. The first-order valence-electron chi connectivity index (χ1n) is 12.8. The maximum atomic E-state index is 13.5. The van der Waals surface area contributed by atoms with Gasteiger partial charge in [-0.2, -0.15) is 5.10 Å². The lowest BCUT2D eigenvalue weighted by Crippen LogP contribution is -2.16. The summed E-state index contributed by atoms with van der Waals surface area (Å²) in [5, 5.41) is 4.69. The van der Waals surface area contributed by atoms with E-state index in [9.17, 15) is 13.2 Å². The van der Waals surface area contributed by atoms with Crippen molar-refractivity contribution in [3.05, 3.63) is 126 Å². The Labute approximate surface area is 234 Å². The molecule has 0 unspecified atom stereocenters. The van der Waals surface area contributed by atoms with E-state index < -0.39 is 10.0 Å². The van der Waals surface area contributed by atoms with Gasteiger partial charge < -0.3 is 4.74 Å². The lowest BCUT2D eigenvalue weighted by atomic mass is 10.0. The topological polar surface area (TPSA) is 90.3 Å². The van der Waals surface area contributed by atoms with Crippen LogP contribution in [0, 0.1) is 13.8 Å². The van der Waals surface area contributed by atoms with Gasteiger partial charge >= 0.3 is 0 Å². The first-order chi connectivity index (χ1) is 19.2. The molecule has 0 fully saturated rings. The highest BCUT2D eigenvalue weighted by molar-refractivity contribution is 7.92. The van der Waals surface area contributed by atoms with E-state index in [0.29, 0.717) is 28.3 Å². The fourth-order valence-corrected chi connectivity index (χ4v) is 5.51. The van der Waals surface area contributed by atoms with E-state index in [0.717, 1.165) is 22.5 Å². The van der Waals surface area contributed by atoms with E-state index in [4.69, 9.17) is 4.74 Å². The highest BCUT2D eigenvalue weighted by Crippen LogP contribution is 2.31. The van der Waals surface area contributed by atoms with Crippen LogP contribution in [0.3, 0.4) is 0 Å². The molecule has 0 aliphatic carbocycles. The van der Waals surface area contributed by atoms with Crippen LogP contribution in [-0.2, 0) is 16.4 Å². The summed E-state index contributed by atoms with van der Waals surface area (Å²) in [6.45, 7) is 3.79. The molecule has 0 atom stereocenters. The Morgan fingerprint density at radius 3 is 2.25 bits per heavy atom. The second-order valence-electron chi connectivity index (χ2n) is 9.55. The fourth-order valence-electron chi connectivity index (χ4n) is 4.44. The number of ether oxygens (including phenoxy) is 1. The first-order valence-corrected chi connectivity index (χ1v) is 14.2. The van der Waals surface area contributed by atoms with Crippen molar-refractivity contribution in [3.63, 3.8) is 0 Å². The summed E-state index contributed by atoms with van der Waals surface area (Å²) in [6, 6.07) is 30.6. The molecule has 0 amide bonds. The van der Waals surface area contributed by atoms with Gasteiger partial charge in [-0.15, -0.1) is 0 Å². The van der Waals surface area contributed by atoms with Crippen LogP contribution in [0.2, 0.25) is 0 Å². The summed E-state index contributed by atoms with van der Waals surface area (Å²) in [5.41, 5.74) is 5.56. The molecule has 0 radical (unpaired) electrons. The number of rotatable bonds is 9. The zero-order chi connectivity index (χ0) is 28.3. The predicted molar refractivity (Wildman–Crippen MR) is 157 cm³/mol. The van der Waals surface area contributed by atoms with Crippen molar-refractivity contribution in [2.45, 2.75) is 25.2 Å². The minimum absolute atomic E-state index is 0.0928. The summed E-state index contributed by atoms with van der Waals surface area (Å²) < 4.78 is 36.6. The molecule has 7 nitrogen and oxygen atoms in total. The number of nitrogens with zero attached hydrogens (tertiary/aromatic N) is 2. The number of sulfonamides is 1. The van der Waals surface area contributed by atoms with Gasteiger partial charge in [0.1, 0.15) is 5.75 Å². The van der Waals surface area contributed by atoms with Gasteiger partial charge in [0, 0.05) is 17.5 Å². The average molecular weight is 552 g/mol. The lowest BCUT2D eigenvalue weighted by Gasteiger charge is -2.16. The van der Waals surface area contributed by atoms with Crippen molar-refractivity contribution >= 4 is 21.5 Å². The third-order valence-corrected chi connectivity index (χ3v) is 7.92. The number of aromatic nitrogens is 2. The van der Waals surface area contributed by atoms with Gasteiger partial charge in [0.2, 0.25) is 0 Å². The quantitative estimate of drug-likeness (QED) is 0.214. The summed E-state index contributed by atoms with van der Waals surface area (Å²) >= 11 is 0. The number of methoxy groups -OCH3 is 1. The van der Waals surface area contributed by atoms with Crippen molar-refractivity contribution in [1.82, 2.24) is 9.78 Å². The largest absolute Gasteiger partial charge is 0.497 e. The number of anilines is 1. The highest BCUT2D eigenvalue weighted by Gasteiger charge is 2.20. The van der Waals surface area contributed by atoms with Gasteiger partial charge in [0.15, 0.2) is 5.78 Å². The molecule has 1 heterocycles. The molecule has 0 aliphatic rings. The average Bonchev–Trinajstić information content (AvgIpc) is 3.35. The number of hydrogen-bond donors (Lipinski definition) is 1. The van der Waals surface area contributed by atoms with Gasteiger partial charge in [-0.05, 0) is 74.0 Å². The minimum atomic E-state index is -3.93. The summed E-state index contributed by atoms with van der Waals surface area (Å²) in [6.07, 6.45) is 0.0928. The first kappa shape index (κ1) is 26.9. The second-order valence-corrected chi connectivity index (χ2v) is 11.2. The fraction of sp³-hybridized carbons (Fsp3) is 0.125. The highest BCUT2D eigenvalue weighted by atomic mass is 32.2. The van der Waals surface area contributed by atoms with E-state index in [1.165, 1.54) is 0 Å². The SMILES string of the molecule is COc1ccc(C(=O)Cc2ccc(-n3nc(C)cc3-c3ccccc3)c(NS(=O)(=O)c3ccc(C)cc3)c2)cc1. The Kier molecular flexibility index (Phi) is 7.53. The number of Topliss-reactive ketones (excluding diaryl/α,β-unsaturated/α-hetero) is 1. The normalized spacial score (nSPS) is 11.3. The van der Waals surface area contributed by atoms with Crippen molar-refractivity contribution in [2.75, 3.05) is 11.8 Å². The van der Waals surface area contributed by atoms with Gasteiger partial charge in [-0.25, -0.2) is 13.1 Å². The Bertz CT molecular complexity index is 1760. The third-order valence-electron chi connectivity index (χ3n) is 6.54. The monoisotopic (exact) mass is 551 g/mol. The van der Waals surface area contributed by atoms with Crippen LogP contribution in [0.25, 0.3) is 16.9 Å². The van der Waals surface area contributed by atoms with E-state index in [2.05, 4.69) is 9.82 Å². The van der Waals surface area contributed by atoms with Crippen LogP contribution < -0.4 is 9.46 Å². The third kappa shape index (κ3) is 5.82. The summed E-state index contributed by atoms with van der Waals surface area (Å²) in [7, 11) is -2.35. The van der Waals surface area contributed by atoms with Crippen molar-refractivity contribution in [1.29, 1.82) is 0 Å². The molecule has 0 spiro atoms. The van der Waals surface area contributed by atoms with Gasteiger partial charge in [0.05, 0.1) is 34.8 Å². The lowest BCUT2D eigenvalue weighted by molar-refractivity contribution is 0.0993. The number of carbonyl (C=O) groups is 1. The minimum Gasteiger partial charge on any atom is -0.497 e. The van der Waals surface area contributed by atoms with E-state index >= 15 is 0 Å². The number of ketones is 1. The number of hydrogen-bond acceptors (Lipinski definition) is 5. The Morgan fingerprint density at radius 2 is 1.57 bits per heavy atom. The predicted octanol–water partition coefficient (Wildman–Crippen LogP) is 6.39.